The Morgan fingerprint density at radius 2 is 1.64 bits per heavy atom. The molecule has 0 aliphatic carbocycles. The first kappa shape index (κ1) is 15.9. The van der Waals surface area contributed by atoms with E-state index in [9.17, 15) is 9.90 Å². The van der Waals surface area contributed by atoms with Gasteiger partial charge in [-0.25, -0.2) is 4.79 Å². The first-order chi connectivity index (χ1) is 10.6. The van der Waals surface area contributed by atoms with Crippen LogP contribution in [-0.2, 0) is 17.6 Å². The van der Waals surface area contributed by atoms with Crippen molar-refractivity contribution in [2.24, 2.45) is 0 Å². The summed E-state index contributed by atoms with van der Waals surface area (Å²) in [5.74, 6) is -0.0388. The van der Waals surface area contributed by atoms with Crippen molar-refractivity contribution in [1.29, 1.82) is 0 Å². The molecule has 0 aromatic heterocycles. The quantitative estimate of drug-likeness (QED) is 0.852. The lowest BCUT2D eigenvalue weighted by atomic mass is 10.0. The number of hydrogen-bond donors (Lipinski definition) is 1. The van der Waals surface area contributed by atoms with Gasteiger partial charge in [-0.05, 0) is 29.7 Å². The van der Waals surface area contributed by atoms with E-state index in [1.165, 1.54) is 12.7 Å². The van der Waals surface area contributed by atoms with Gasteiger partial charge in [0, 0.05) is 6.42 Å². The number of rotatable bonds is 7. The standard InChI is InChI=1S/C18H20O4/c1-3-13-8-10-14(11-9-13)12-17(18(19)20)22-16-7-5-4-6-15(16)21-2/h4-11,17H,3,12H2,1-2H3,(H,19,20)/t17-/m1/s1. The van der Waals surface area contributed by atoms with Crippen LogP contribution < -0.4 is 9.47 Å². The molecule has 116 valence electrons. The van der Waals surface area contributed by atoms with Crippen molar-refractivity contribution in [3.63, 3.8) is 0 Å². The van der Waals surface area contributed by atoms with E-state index in [0.29, 0.717) is 17.9 Å². The highest BCUT2D eigenvalue weighted by Gasteiger charge is 2.21. The van der Waals surface area contributed by atoms with Gasteiger partial charge in [0.05, 0.1) is 7.11 Å². The highest BCUT2D eigenvalue weighted by atomic mass is 16.5. The summed E-state index contributed by atoms with van der Waals surface area (Å²) >= 11 is 0. The van der Waals surface area contributed by atoms with E-state index >= 15 is 0 Å². The van der Waals surface area contributed by atoms with Crippen LogP contribution in [-0.4, -0.2) is 24.3 Å². The van der Waals surface area contributed by atoms with Gasteiger partial charge in [0.2, 0.25) is 0 Å². The molecule has 1 atom stereocenters. The summed E-state index contributed by atoms with van der Waals surface area (Å²) in [6.45, 7) is 2.08. The number of methoxy groups -OCH3 is 1. The zero-order valence-corrected chi connectivity index (χ0v) is 12.8. The molecule has 0 amide bonds. The molecule has 0 bridgehead atoms. The number of aryl methyl sites for hydroxylation is 1. The van der Waals surface area contributed by atoms with Gasteiger partial charge >= 0.3 is 5.97 Å². The van der Waals surface area contributed by atoms with E-state index in [2.05, 4.69) is 6.92 Å². The van der Waals surface area contributed by atoms with Crippen molar-refractivity contribution in [2.45, 2.75) is 25.9 Å². The third-order valence-electron chi connectivity index (χ3n) is 3.47. The van der Waals surface area contributed by atoms with Crippen LogP contribution in [0, 0.1) is 0 Å². The Morgan fingerprint density at radius 3 is 2.18 bits per heavy atom. The van der Waals surface area contributed by atoms with E-state index in [0.717, 1.165) is 12.0 Å². The van der Waals surface area contributed by atoms with Gasteiger partial charge in [0.1, 0.15) is 0 Å². The van der Waals surface area contributed by atoms with E-state index < -0.39 is 12.1 Å². The van der Waals surface area contributed by atoms with Crippen LogP contribution in [0.25, 0.3) is 0 Å². The summed E-state index contributed by atoms with van der Waals surface area (Å²) < 4.78 is 10.8. The Morgan fingerprint density at radius 1 is 1.05 bits per heavy atom. The highest BCUT2D eigenvalue weighted by Crippen LogP contribution is 2.27. The number of carboxylic acid groups (broad SMARTS) is 1. The summed E-state index contributed by atoms with van der Waals surface area (Å²) in [5, 5.41) is 9.39. The van der Waals surface area contributed by atoms with Crippen LogP contribution >= 0.6 is 0 Å². The molecule has 2 aromatic rings. The van der Waals surface area contributed by atoms with E-state index in [1.54, 1.807) is 18.2 Å². The summed E-state index contributed by atoms with van der Waals surface area (Å²) in [6, 6.07) is 15.0. The molecule has 2 aromatic carbocycles. The average Bonchev–Trinajstić information content (AvgIpc) is 2.55. The lowest BCUT2D eigenvalue weighted by Gasteiger charge is -2.17. The van der Waals surface area contributed by atoms with Crippen molar-refractivity contribution in [3.8, 4) is 11.5 Å². The second kappa shape index (κ2) is 7.50. The smallest absolute Gasteiger partial charge is 0.345 e. The Kier molecular flexibility index (Phi) is 5.42. The number of benzene rings is 2. The number of ether oxygens (including phenoxy) is 2. The number of aliphatic carboxylic acids is 1. The predicted octanol–water partition coefficient (Wildman–Crippen LogP) is 3.33. The maximum Gasteiger partial charge on any atom is 0.345 e. The van der Waals surface area contributed by atoms with Crippen molar-refractivity contribution in [2.75, 3.05) is 7.11 Å². The molecule has 1 N–H and O–H groups in total. The Bertz CT molecular complexity index is 619. The maximum absolute atomic E-state index is 11.5. The largest absolute Gasteiger partial charge is 0.493 e. The van der Waals surface area contributed by atoms with Crippen molar-refractivity contribution >= 4 is 5.97 Å². The molecule has 0 heterocycles. The zero-order chi connectivity index (χ0) is 15.9. The monoisotopic (exact) mass is 300 g/mol. The van der Waals surface area contributed by atoms with Crippen LogP contribution in [0.5, 0.6) is 11.5 Å². The fraction of sp³-hybridized carbons (Fsp3) is 0.278. The summed E-state index contributed by atoms with van der Waals surface area (Å²) in [7, 11) is 1.53. The van der Waals surface area contributed by atoms with E-state index in [-0.39, 0.29) is 0 Å². The van der Waals surface area contributed by atoms with Gasteiger partial charge < -0.3 is 14.6 Å². The summed E-state index contributed by atoms with van der Waals surface area (Å²) in [5.41, 5.74) is 2.15. The molecule has 0 spiro atoms. The third-order valence-corrected chi connectivity index (χ3v) is 3.47. The topological polar surface area (TPSA) is 55.8 Å². The average molecular weight is 300 g/mol. The lowest BCUT2D eigenvalue weighted by molar-refractivity contribution is -0.145. The second-order valence-corrected chi connectivity index (χ2v) is 4.97. The zero-order valence-electron chi connectivity index (χ0n) is 12.8. The fourth-order valence-corrected chi connectivity index (χ4v) is 2.17. The molecule has 0 unspecified atom stereocenters. The molecule has 0 aliphatic rings. The lowest BCUT2D eigenvalue weighted by Crippen LogP contribution is -2.29. The molecule has 22 heavy (non-hydrogen) atoms. The predicted molar refractivity (Wildman–Crippen MR) is 84.6 cm³/mol. The Balaban J connectivity index is 2.14. The Hall–Kier alpha value is -2.49. The van der Waals surface area contributed by atoms with Gasteiger partial charge in [-0.2, -0.15) is 0 Å². The van der Waals surface area contributed by atoms with Crippen LogP contribution in [0.1, 0.15) is 18.1 Å². The van der Waals surface area contributed by atoms with Crippen molar-refractivity contribution in [1.82, 2.24) is 0 Å². The second-order valence-electron chi connectivity index (χ2n) is 4.97. The minimum absolute atomic E-state index is 0.303. The number of carboxylic acids is 1. The SMILES string of the molecule is CCc1ccc(C[C@@H](Oc2ccccc2OC)C(=O)O)cc1. The molecule has 2 rings (SSSR count). The van der Waals surface area contributed by atoms with Gasteiger partial charge in [-0.15, -0.1) is 0 Å². The minimum Gasteiger partial charge on any atom is -0.493 e. The third kappa shape index (κ3) is 4.01. The van der Waals surface area contributed by atoms with Crippen LogP contribution in [0.3, 0.4) is 0 Å². The molecular weight excluding hydrogens is 280 g/mol. The molecule has 0 aliphatic heterocycles. The van der Waals surface area contributed by atoms with Crippen LogP contribution in [0.2, 0.25) is 0 Å². The molecule has 0 saturated carbocycles. The molecule has 0 radical (unpaired) electrons. The minimum atomic E-state index is -0.995. The molecule has 4 nitrogen and oxygen atoms in total. The number of para-hydroxylation sites is 2. The van der Waals surface area contributed by atoms with Gasteiger partial charge in [-0.1, -0.05) is 43.3 Å². The molecule has 0 fully saturated rings. The van der Waals surface area contributed by atoms with Gasteiger partial charge in [0.25, 0.3) is 0 Å². The van der Waals surface area contributed by atoms with Crippen LogP contribution in [0.4, 0.5) is 0 Å². The van der Waals surface area contributed by atoms with Crippen molar-refractivity contribution in [3.05, 3.63) is 59.7 Å². The van der Waals surface area contributed by atoms with Crippen LogP contribution in [0.15, 0.2) is 48.5 Å². The van der Waals surface area contributed by atoms with Gasteiger partial charge in [-0.3, -0.25) is 0 Å². The summed E-state index contributed by atoms with van der Waals surface area (Å²) in [6.07, 6.45) is 0.307. The maximum atomic E-state index is 11.5. The fourth-order valence-electron chi connectivity index (χ4n) is 2.17. The van der Waals surface area contributed by atoms with Crippen molar-refractivity contribution < 1.29 is 19.4 Å². The normalized spacial score (nSPS) is 11.7. The Labute approximate surface area is 130 Å². The first-order valence-corrected chi connectivity index (χ1v) is 7.24. The first-order valence-electron chi connectivity index (χ1n) is 7.24. The molecular formula is C18H20O4. The number of hydrogen-bond acceptors (Lipinski definition) is 3. The number of carbonyl (C=O) groups is 1. The summed E-state index contributed by atoms with van der Waals surface area (Å²) in [4.78, 5) is 11.5. The van der Waals surface area contributed by atoms with E-state index in [1.807, 2.05) is 30.3 Å². The van der Waals surface area contributed by atoms with E-state index in [4.69, 9.17) is 9.47 Å². The molecule has 4 heteroatoms. The molecule has 0 saturated heterocycles. The van der Waals surface area contributed by atoms with Gasteiger partial charge in [0.15, 0.2) is 17.6 Å². The highest BCUT2D eigenvalue weighted by molar-refractivity contribution is 5.73.